The molecule has 94 valence electrons. The highest BCUT2D eigenvalue weighted by Gasteiger charge is 2.03. The number of aryl methyl sites for hydroxylation is 1. The highest BCUT2D eigenvalue weighted by molar-refractivity contribution is 5.31. The highest BCUT2D eigenvalue weighted by atomic mass is 19.1. The fourth-order valence-electron chi connectivity index (χ4n) is 1.64. The predicted octanol–water partition coefficient (Wildman–Crippen LogP) is 1.57. The van der Waals surface area contributed by atoms with Crippen LogP contribution in [0.25, 0.3) is 0 Å². The Kier molecular flexibility index (Phi) is 3.72. The molecule has 0 atom stereocenters. The van der Waals surface area contributed by atoms with Crippen LogP contribution in [0.5, 0.6) is 0 Å². The molecule has 0 bridgehead atoms. The first kappa shape index (κ1) is 12.3. The average molecular weight is 247 g/mol. The third-order valence-electron chi connectivity index (χ3n) is 2.66. The number of nitrogens with one attached hydrogen (secondary N) is 1. The number of aromatic nitrogens is 2. The molecule has 0 aliphatic rings. The van der Waals surface area contributed by atoms with Gasteiger partial charge in [-0.05, 0) is 18.1 Å². The molecule has 0 saturated carbocycles. The fraction of sp³-hybridized carbons (Fsp3) is 0.231. The summed E-state index contributed by atoms with van der Waals surface area (Å²) in [4.78, 5) is 15.6. The topological polar surface area (TPSA) is 46.9 Å². The van der Waals surface area contributed by atoms with Gasteiger partial charge in [-0.3, -0.25) is 4.79 Å². The van der Waals surface area contributed by atoms with Gasteiger partial charge in [-0.15, -0.1) is 0 Å². The number of nitrogens with zero attached hydrogens (tertiary/aromatic N) is 2. The molecular weight excluding hydrogens is 233 g/mol. The largest absolute Gasteiger partial charge is 0.365 e. The molecule has 0 aliphatic heterocycles. The summed E-state index contributed by atoms with van der Waals surface area (Å²) in [6.07, 6.45) is 3.64. The minimum atomic E-state index is -0.228. The summed E-state index contributed by atoms with van der Waals surface area (Å²) in [5, 5.41) is 2.92. The molecule has 0 unspecified atom stereocenters. The van der Waals surface area contributed by atoms with Crippen molar-refractivity contribution in [3.05, 3.63) is 58.4 Å². The van der Waals surface area contributed by atoms with Gasteiger partial charge in [-0.1, -0.05) is 18.2 Å². The molecule has 5 heteroatoms. The molecule has 1 N–H and O–H groups in total. The van der Waals surface area contributed by atoms with Crippen LogP contribution in [0.1, 0.15) is 5.56 Å². The first-order valence-corrected chi connectivity index (χ1v) is 5.67. The number of hydrogen-bond donors (Lipinski definition) is 1. The van der Waals surface area contributed by atoms with E-state index in [1.54, 1.807) is 37.6 Å². The Morgan fingerprint density at radius 2 is 2.17 bits per heavy atom. The van der Waals surface area contributed by atoms with Crippen molar-refractivity contribution in [3.8, 4) is 0 Å². The Morgan fingerprint density at radius 3 is 2.94 bits per heavy atom. The van der Waals surface area contributed by atoms with E-state index in [9.17, 15) is 9.18 Å². The normalized spacial score (nSPS) is 10.3. The second-order valence-electron chi connectivity index (χ2n) is 3.96. The molecule has 1 heterocycles. The van der Waals surface area contributed by atoms with Gasteiger partial charge in [0.1, 0.15) is 5.82 Å². The van der Waals surface area contributed by atoms with Crippen LogP contribution in [0, 0.1) is 5.82 Å². The molecule has 0 fully saturated rings. The zero-order valence-corrected chi connectivity index (χ0v) is 10.1. The fourth-order valence-corrected chi connectivity index (χ4v) is 1.64. The summed E-state index contributed by atoms with van der Waals surface area (Å²) < 4.78 is 14.8. The molecule has 1 aromatic heterocycles. The van der Waals surface area contributed by atoms with Crippen LogP contribution < -0.4 is 10.9 Å². The van der Waals surface area contributed by atoms with Gasteiger partial charge in [0, 0.05) is 26.0 Å². The third kappa shape index (κ3) is 2.74. The maximum atomic E-state index is 13.3. The van der Waals surface area contributed by atoms with E-state index in [2.05, 4.69) is 10.3 Å². The Morgan fingerprint density at radius 1 is 1.39 bits per heavy atom. The summed E-state index contributed by atoms with van der Waals surface area (Å²) in [5.41, 5.74) is 0.434. The van der Waals surface area contributed by atoms with Crippen LogP contribution in [-0.2, 0) is 13.5 Å². The maximum absolute atomic E-state index is 13.3. The van der Waals surface area contributed by atoms with Crippen molar-refractivity contribution in [2.75, 3.05) is 11.9 Å². The standard InChI is InChI=1S/C13H14FN3O/c1-17-9-8-16-12(13(17)18)15-7-6-10-4-2-3-5-11(10)14/h2-5,8-9H,6-7H2,1H3,(H,15,16). The van der Waals surface area contributed by atoms with Gasteiger partial charge in [-0.25, -0.2) is 9.37 Å². The zero-order chi connectivity index (χ0) is 13.0. The molecule has 2 rings (SSSR count). The van der Waals surface area contributed by atoms with Crippen LogP contribution in [0.3, 0.4) is 0 Å². The molecule has 0 spiro atoms. The van der Waals surface area contributed by atoms with E-state index in [4.69, 9.17) is 0 Å². The first-order chi connectivity index (χ1) is 8.68. The molecule has 2 aromatic rings. The first-order valence-electron chi connectivity index (χ1n) is 5.67. The monoisotopic (exact) mass is 247 g/mol. The number of anilines is 1. The van der Waals surface area contributed by atoms with Crippen molar-refractivity contribution < 1.29 is 4.39 Å². The lowest BCUT2D eigenvalue weighted by atomic mass is 10.1. The lowest BCUT2D eigenvalue weighted by Crippen LogP contribution is -2.22. The SMILES string of the molecule is Cn1ccnc(NCCc2ccccc2F)c1=O. The number of hydrogen-bond acceptors (Lipinski definition) is 3. The second kappa shape index (κ2) is 5.44. The highest BCUT2D eigenvalue weighted by Crippen LogP contribution is 2.06. The Labute approximate surface area is 104 Å². The molecule has 4 nitrogen and oxygen atoms in total. The van der Waals surface area contributed by atoms with Gasteiger partial charge in [0.15, 0.2) is 5.82 Å². The number of rotatable bonds is 4. The van der Waals surface area contributed by atoms with E-state index >= 15 is 0 Å². The van der Waals surface area contributed by atoms with Crippen molar-refractivity contribution >= 4 is 5.82 Å². The van der Waals surface area contributed by atoms with Crippen LogP contribution in [0.2, 0.25) is 0 Å². The number of halogens is 1. The molecular formula is C13H14FN3O. The second-order valence-corrected chi connectivity index (χ2v) is 3.96. The van der Waals surface area contributed by atoms with Gasteiger partial charge >= 0.3 is 0 Å². The van der Waals surface area contributed by atoms with E-state index < -0.39 is 0 Å². The van der Waals surface area contributed by atoms with Crippen molar-refractivity contribution in [2.24, 2.45) is 7.05 Å². The summed E-state index contributed by atoms with van der Waals surface area (Å²) >= 11 is 0. The van der Waals surface area contributed by atoms with Crippen LogP contribution in [-0.4, -0.2) is 16.1 Å². The summed E-state index contributed by atoms with van der Waals surface area (Å²) in [5.74, 6) is 0.0598. The van der Waals surface area contributed by atoms with Crippen molar-refractivity contribution in [3.63, 3.8) is 0 Å². The number of benzene rings is 1. The molecule has 18 heavy (non-hydrogen) atoms. The van der Waals surface area contributed by atoms with Gasteiger partial charge < -0.3 is 9.88 Å². The van der Waals surface area contributed by atoms with Crippen molar-refractivity contribution in [1.82, 2.24) is 9.55 Å². The molecule has 0 aliphatic carbocycles. The maximum Gasteiger partial charge on any atom is 0.293 e. The van der Waals surface area contributed by atoms with E-state index in [0.717, 1.165) is 0 Å². The van der Waals surface area contributed by atoms with Crippen molar-refractivity contribution in [2.45, 2.75) is 6.42 Å². The average Bonchev–Trinajstić information content (AvgIpc) is 2.37. The van der Waals surface area contributed by atoms with E-state index in [-0.39, 0.29) is 17.2 Å². The van der Waals surface area contributed by atoms with E-state index in [0.29, 0.717) is 18.5 Å². The smallest absolute Gasteiger partial charge is 0.293 e. The Hall–Kier alpha value is -2.17. The van der Waals surface area contributed by atoms with Crippen molar-refractivity contribution in [1.29, 1.82) is 0 Å². The molecule has 1 aromatic carbocycles. The Balaban J connectivity index is 1.99. The summed E-state index contributed by atoms with van der Waals surface area (Å²) in [6.45, 7) is 0.465. The van der Waals surface area contributed by atoms with E-state index in [1.807, 2.05) is 0 Å². The summed E-state index contributed by atoms with van der Waals surface area (Å²) in [6, 6.07) is 6.60. The minimum Gasteiger partial charge on any atom is -0.365 e. The predicted molar refractivity (Wildman–Crippen MR) is 68.1 cm³/mol. The van der Waals surface area contributed by atoms with E-state index in [1.165, 1.54) is 10.6 Å². The Bertz CT molecular complexity index is 595. The zero-order valence-electron chi connectivity index (χ0n) is 10.1. The van der Waals surface area contributed by atoms with Crippen LogP contribution >= 0.6 is 0 Å². The van der Waals surface area contributed by atoms with Gasteiger partial charge in [0.25, 0.3) is 5.56 Å². The quantitative estimate of drug-likeness (QED) is 0.892. The van der Waals surface area contributed by atoms with Gasteiger partial charge in [0.2, 0.25) is 0 Å². The lowest BCUT2D eigenvalue weighted by molar-refractivity contribution is 0.610. The molecule has 0 amide bonds. The minimum absolute atomic E-state index is 0.189. The lowest BCUT2D eigenvalue weighted by Gasteiger charge is -2.06. The van der Waals surface area contributed by atoms with Crippen LogP contribution in [0.15, 0.2) is 41.5 Å². The van der Waals surface area contributed by atoms with Gasteiger partial charge in [-0.2, -0.15) is 0 Å². The third-order valence-corrected chi connectivity index (χ3v) is 2.66. The van der Waals surface area contributed by atoms with Crippen LogP contribution in [0.4, 0.5) is 10.2 Å². The summed E-state index contributed by atoms with van der Waals surface area (Å²) in [7, 11) is 1.66. The molecule has 0 radical (unpaired) electrons. The molecule has 0 saturated heterocycles. The van der Waals surface area contributed by atoms with Gasteiger partial charge in [0.05, 0.1) is 0 Å².